The molecule has 0 radical (unpaired) electrons. The second kappa shape index (κ2) is 8.44. The first-order valence-corrected chi connectivity index (χ1v) is 8.49. The molecule has 0 bridgehead atoms. The zero-order valence-electron chi connectivity index (χ0n) is 14.0. The number of aromatic amines is 1. The molecule has 3 aromatic rings. The summed E-state index contributed by atoms with van der Waals surface area (Å²) in [6.45, 7) is 1.59. The van der Waals surface area contributed by atoms with Crippen molar-refractivity contribution in [2.24, 2.45) is 0 Å². The van der Waals surface area contributed by atoms with Gasteiger partial charge in [0.25, 0.3) is 0 Å². The Labute approximate surface area is 146 Å². The Hall–Kier alpha value is -2.66. The van der Waals surface area contributed by atoms with Crippen LogP contribution < -0.4 is 10.6 Å². The average Bonchev–Trinajstić information content (AvgIpc) is 3.04. The van der Waals surface area contributed by atoms with Crippen molar-refractivity contribution in [1.29, 1.82) is 0 Å². The van der Waals surface area contributed by atoms with Crippen molar-refractivity contribution in [2.45, 2.75) is 12.8 Å². The van der Waals surface area contributed by atoms with Crippen LogP contribution in [0.25, 0.3) is 10.9 Å². The van der Waals surface area contributed by atoms with Gasteiger partial charge < -0.3 is 15.6 Å². The third-order valence-electron chi connectivity index (χ3n) is 4.18. The molecule has 2 aromatic carbocycles. The molecule has 0 aliphatic rings. The molecular weight excluding hydrogens is 317 g/mol. The minimum atomic E-state index is -0.243. The lowest BCUT2D eigenvalue weighted by molar-refractivity contribution is -0.120. The molecule has 0 atom stereocenters. The van der Waals surface area contributed by atoms with E-state index in [-0.39, 0.29) is 11.7 Å². The topological polar surface area (TPSA) is 56.9 Å². The molecule has 3 N–H and O–H groups in total. The maximum absolute atomic E-state index is 12.8. The number of carbonyl (C=O) groups is 1. The molecule has 3 rings (SSSR count). The van der Waals surface area contributed by atoms with E-state index in [9.17, 15) is 9.18 Å². The highest BCUT2D eigenvalue weighted by molar-refractivity contribution is 5.83. The number of carbonyl (C=O) groups excluding carboxylic acids is 1. The van der Waals surface area contributed by atoms with Gasteiger partial charge in [-0.2, -0.15) is 0 Å². The van der Waals surface area contributed by atoms with Gasteiger partial charge in [-0.25, -0.2) is 4.39 Å². The Morgan fingerprint density at radius 3 is 2.64 bits per heavy atom. The first kappa shape index (κ1) is 17.2. The Bertz CT molecular complexity index is 826. The van der Waals surface area contributed by atoms with Gasteiger partial charge in [-0.05, 0) is 48.7 Å². The van der Waals surface area contributed by atoms with E-state index in [1.165, 1.54) is 23.1 Å². The number of hydrogen-bond donors (Lipinski definition) is 3. The predicted molar refractivity (Wildman–Crippen MR) is 98.0 cm³/mol. The van der Waals surface area contributed by atoms with Crippen molar-refractivity contribution in [1.82, 2.24) is 15.6 Å². The highest BCUT2D eigenvalue weighted by Gasteiger charge is 2.04. The second-order valence-corrected chi connectivity index (χ2v) is 6.01. The van der Waals surface area contributed by atoms with Crippen LogP contribution in [0.3, 0.4) is 0 Å². The fraction of sp³-hybridized carbons (Fsp3) is 0.250. The highest BCUT2D eigenvalue weighted by atomic mass is 19.1. The molecule has 0 aliphatic heterocycles. The summed E-state index contributed by atoms with van der Waals surface area (Å²) in [4.78, 5) is 15.1. The van der Waals surface area contributed by atoms with Gasteiger partial charge in [-0.1, -0.05) is 30.3 Å². The summed E-state index contributed by atoms with van der Waals surface area (Å²) < 4.78 is 12.8. The van der Waals surface area contributed by atoms with E-state index in [1.807, 2.05) is 18.3 Å². The molecule has 1 amide bonds. The number of benzene rings is 2. The molecule has 0 aliphatic carbocycles. The molecule has 1 aromatic heterocycles. The summed E-state index contributed by atoms with van der Waals surface area (Å²) in [6.07, 6.45) is 3.59. The SMILES string of the molecule is O=C(CNCCc1c[nH]c2ccccc12)NCCc1ccc(F)cc1. The van der Waals surface area contributed by atoms with E-state index in [2.05, 4.69) is 27.8 Å². The summed E-state index contributed by atoms with van der Waals surface area (Å²) in [5.74, 6) is -0.270. The molecule has 1 heterocycles. The lowest BCUT2D eigenvalue weighted by Crippen LogP contribution is -2.35. The smallest absolute Gasteiger partial charge is 0.233 e. The second-order valence-electron chi connectivity index (χ2n) is 6.01. The zero-order chi connectivity index (χ0) is 17.5. The van der Waals surface area contributed by atoms with Crippen molar-refractivity contribution in [3.63, 3.8) is 0 Å². The van der Waals surface area contributed by atoms with Crippen molar-refractivity contribution in [3.05, 3.63) is 71.7 Å². The molecule has 0 spiro atoms. The van der Waals surface area contributed by atoms with Crippen molar-refractivity contribution >= 4 is 16.8 Å². The fourth-order valence-electron chi connectivity index (χ4n) is 2.82. The van der Waals surface area contributed by atoms with Crippen LogP contribution in [-0.2, 0) is 17.6 Å². The van der Waals surface area contributed by atoms with Crippen LogP contribution in [0, 0.1) is 5.82 Å². The van der Waals surface area contributed by atoms with Crippen molar-refractivity contribution in [3.8, 4) is 0 Å². The molecule has 0 saturated heterocycles. The molecule has 25 heavy (non-hydrogen) atoms. The number of amides is 1. The highest BCUT2D eigenvalue weighted by Crippen LogP contribution is 2.17. The summed E-state index contributed by atoms with van der Waals surface area (Å²) in [5.41, 5.74) is 3.39. The van der Waals surface area contributed by atoms with Crippen LogP contribution in [0.2, 0.25) is 0 Å². The monoisotopic (exact) mass is 339 g/mol. The van der Waals surface area contributed by atoms with E-state index in [0.717, 1.165) is 24.0 Å². The van der Waals surface area contributed by atoms with Gasteiger partial charge in [0.15, 0.2) is 0 Å². The Morgan fingerprint density at radius 1 is 1.00 bits per heavy atom. The van der Waals surface area contributed by atoms with Gasteiger partial charge >= 0.3 is 0 Å². The van der Waals surface area contributed by atoms with Crippen LogP contribution in [-0.4, -0.2) is 30.5 Å². The lowest BCUT2D eigenvalue weighted by atomic mass is 10.1. The van der Waals surface area contributed by atoms with Gasteiger partial charge in [0.2, 0.25) is 5.91 Å². The van der Waals surface area contributed by atoms with E-state index in [1.54, 1.807) is 12.1 Å². The molecule has 4 nitrogen and oxygen atoms in total. The van der Waals surface area contributed by atoms with Gasteiger partial charge in [-0.3, -0.25) is 4.79 Å². The number of halogens is 1. The van der Waals surface area contributed by atoms with Crippen LogP contribution in [0.1, 0.15) is 11.1 Å². The maximum atomic E-state index is 12.8. The third kappa shape index (κ3) is 4.90. The first-order valence-electron chi connectivity index (χ1n) is 8.49. The third-order valence-corrected chi connectivity index (χ3v) is 4.18. The van der Waals surface area contributed by atoms with E-state index in [4.69, 9.17) is 0 Å². The largest absolute Gasteiger partial charge is 0.361 e. The van der Waals surface area contributed by atoms with E-state index in [0.29, 0.717) is 19.5 Å². The Kier molecular flexibility index (Phi) is 5.80. The summed E-state index contributed by atoms with van der Waals surface area (Å²) in [7, 11) is 0. The molecule has 130 valence electrons. The van der Waals surface area contributed by atoms with Gasteiger partial charge in [-0.15, -0.1) is 0 Å². The normalized spacial score (nSPS) is 10.9. The Balaban J connectivity index is 1.33. The number of H-pyrrole nitrogens is 1. The van der Waals surface area contributed by atoms with Crippen molar-refractivity contribution in [2.75, 3.05) is 19.6 Å². The lowest BCUT2D eigenvalue weighted by Gasteiger charge is -2.07. The minimum Gasteiger partial charge on any atom is -0.361 e. The minimum absolute atomic E-state index is 0.0268. The molecule has 0 fully saturated rings. The van der Waals surface area contributed by atoms with E-state index >= 15 is 0 Å². The average molecular weight is 339 g/mol. The first-order chi connectivity index (χ1) is 12.2. The molecule has 0 unspecified atom stereocenters. The number of fused-ring (bicyclic) bond motifs is 1. The number of hydrogen-bond acceptors (Lipinski definition) is 2. The van der Waals surface area contributed by atoms with Gasteiger partial charge in [0, 0.05) is 23.6 Å². The number of para-hydroxylation sites is 1. The number of aromatic nitrogens is 1. The fourth-order valence-corrected chi connectivity index (χ4v) is 2.82. The predicted octanol–water partition coefficient (Wildman–Crippen LogP) is 2.80. The standard InChI is InChI=1S/C20H22FN3O/c21-17-7-5-15(6-8-17)9-12-23-20(25)14-22-11-10-16-13-24-19-4-2-1-3-18(16)19/h1-8,13,22,24H,9-12,14H2,(H,23,25). The molecule has 5 heteroatoms. The number of rotatable bonds is 8. The van der Waals surface area contributed by atoms with Gasteiger partial charge in [0.1, 0.15) is 5.82 Å². The maximum Gasteiger partial charge on any atom is 0.233 e. The van der Waals surface area contributed by atoms with Crippen LogP contribution in [0.15, 0.2) is 54.7 Å². The van der Waals surface area contributed by atoms with Crippen LogP contribution >= 0.6 is 0 Å². The van der Waals surface area contributed by atoms with Crippen LogP contribution in [0.4, 0.5) is 4.39 Å². The van der Waals surface area contributed by atoms with Crippen LogP contribution in [0.5, 0.6) is 0 Å². The summed E-state index contributed by atoms with van der Waals surface area (Å²) in [6, 6.07) is 14.5. The summed E-state index contributed by atoms with van der Waals surface area (Å²) in [5, 5.41) is 7.27. The number of nitrogens with one attached hydrogen (secondary N) is 3. The molecular formula is C20H22FN3O. The Morgan fingerprint density at radius 2 is 1.80 bits per heavy atom. The summed E-state index contributed by atoms with van der Waals surface area (Å²) >= 11 is 0. The van der Waals surface area contributed by atoms with E-state index < -0.39 is 0 Å². The van der Waals surface area contributed by atoms with Gasteiger partial charge in [0.05, 0.1) is 6.54 Å². The quantitative estimate of drug-likeness (QED) is 0.553. The molecule has 0 saturated carbocycles. The zero-order valence-corrected chi connectivity index (χ0v) is 14.0. The van der Waals surface area contributed by atoms with Crippen molar-refractivity contribution < 1.29 is 9.18 Å².